The normalized spacial score (nSPS) is 20.2. The van der Waals surface area contributed by atoms with Crippen molar-refractivity contribution in [1.29, 1.82) is 0 Å². The van der Waals surface area contributed by atoms with E-state index in [4.69, 9.17) is 4.74 Å². The van der Waals surface area contributed by atoms with Gasteiger partial charge in [-0.2, -0.15) is 0 Å². The van der Waals surface area contributed by atoms with Gasteiger partial charge in [-0.05, 0) is 69.5 Å². The fourth-order valence-corrected chi connectivity index (χ4v) is 5.12. The molecule has 1 aromatic carbocycles. The Morgan fingerprint density at radius 2 is 1.97 bits per heavy atom. The van der Waals surface area contributed by atoms with Crippen LogP contribution in [0.2, 0.25) is 0 Å². The van der Waals surface area contributed by atoms with Crippen LogP contribution in [0.4, 0.5) is 0 Å². The molecule has 0 unspecified atom stereocenters. The van der Waals surface area contributed by atoms with Crippen molar-refractivity contribution in [2.75, 3.05) is 19.6 Å². The molecule has 0 saturated carbocycles. The van der Waals surface area contributed by atoms with Crippen molar-refractivity contribution in [1.82, 2.24) is 19.4 Å². The number of benzene rings is 1. The van der Waals surface area contributed by atoms with Crippen LogP contribution in [0.5, 0.6) is 5.75 Å². The number of carbonyl (C=O) groups excluding carboxylic acids is 1. The number of carbonyl (C=O) groups is 1. The van der Waals surface area contributed by atoms with Crippen molar-refractivity contribution in [3.8, 4) is 5.75 Å². The second kappa shape index (κ2) is 8.58. The molecular weight excluding hydrogens is 400 g/mol. The summed E-state index contributed by atoms with van der Waals surface area (Å²) in [6.45, 7) is 10.1. The van der Waals surface area contributed by atoms with Crippen molar-refractivity contribution in [2.45, 2.75) is 58.3 Å². The average Bonchev–Trinajstić information content (AvgIpc) is 3.18. The van der Waals surface area contributed by atoms with E-state index in [2.05, 4.69) is 53.4 Å². The van der Waals surface area contributed by atoms with Crippen LogP contribution in [0.25, 0.3) is 10.9 Å². The molecule has 5 rings (SSSR count). The third-order valence-electron chi connectivity index (χ3n) is 6.85. The van der Waals surface area contributed by atoms with Crippen LogP contribution in [0.1, 0.15) is 55.7 Å². The Balaban J connectivity index is 1.35. The minimum absolute atomic E-state index is 0.0756. The Morgan fingerprint density at radius 1 is 1.16 bits per heavy atom. The summed E-state index contributed by atoms with van der Waals surface area (Å²) in [5, 5.41) is 1.07. The van der Waals surface area contributed by atoms with Gasteiger partial charge in [-0.1, -0.05) is 6.07 Å². The highest BCUT2D eigenvalue weighted by atomic mass is 16.5. The van der Waals surface area contributed by atoms with Gasteiger partial charge in [0, 0.05) is 61.6 Å². The Kier molecular flexibility index (Phi) is 5.64. The summed E-state index contributed by atoms with van der Waals surface area (Å²) in [6.07, 6.45) is 5.96. The molecule has 4 heterocycles. The maximum atomic E-state index is 13.3. The fraction of sp³-hybridized carbons (Fsp3) is 0.462. The second-order valence-electron chi connectivity index (χ2n) is 9.46. The summed E-state index contributed by atoms with van der Waals surface area (Å²) in [6, 6.07) is 13.0. The van der Waals surface area contributed by atoms with E-state index in [1.54, 1.807) is 6.20 Å². The van der Waals surface area contributed by atoms with E-state index in [0.29, 0.717) is 19.1 Å². The zero-order chi connectivity index (χ0) is 22.2. The van der Waals surface area contributed by atoms with E-state index in [9.17, 15) is 4.79 Å². The van der Waals surface area contributed by atoms with Crippen LogP contribution >= 0.6 is 0 Å². The van der Waals surface area contributed by atoms with Gasteiger partial charge in [-0.25, -0.2) is 0 Å². The lowest BCUT2D eigenvalue weighted by Gasteiger charge is -2.34. The SMILES string of the molecule is CC(C)N1CCC(Oc2ccc3c(c2)cc2n3[C@H](C)CN(Cc3cccnc3)C2=O)CC1. The first-order valence-electron chi connectivity index (χ1n) is 11.7. The molecular formula is C26H32N4O2. The first kappa shape index (κ1) is 21.0. The van der Waals surface area contributed by atoms with Crippen molar-refractivity contribution in [2.24, 2.45) is 0 Å². The van der Waals surface area contributed by atoms with Crippen LogP contribution in [0.3, 0.4) is 0 Å². The van der Waals surface area contributed by atoms with E-state index in [0.717, 1.165) is 53.8 Å². The molecule has 6 heteroatoms. The molecule has 0 radical (unpaired) electrons. The standard InChI is InChI=1S/C26H32N4O2/c1-18(2)28-11-8-22(9-12-28)32-23-6-7-24-21(13-23)14-25-26(31)29(16-19(3)30(24)25)17-20-5-4-10-27-15-20/h4-7,10,13-15,18-19,22H,8-9,11-12,16-17H2,1-3H3/t19-/m1/s1. The largest absolute Gasteiger partial charge is 0.490 e. The number of amides is 1. The van der Waals surface area contributed by atoms with Crippen LogP contribution in [0, 0.1) is 0 Å². The van der Waals surface area contributed by atoms with E-state index in [-0.39, 0.29) is 18.1 Å². The molecule has 32 heavy (non-hydrogen) atoms. The molecule has 1 saturated heterocycles. The van der Waals surface area contributed by atoms with Gasteiger partial charge in [0.25, 0.3) is 5.91 Å². The summed E-state index contributed by atoms with van der Waals surface area (Å²) in [7, 11) is 0. The Hall–Kier alpha value is -2.86. The Labute approximate surface area is 189 Å². The first-order chi connectivity index (χ1) is 15.5. The Morgan fingerprint density at radius 3 is 2.69 bits per heavy atom. The van der Waals surface area contributed by atoms with E-state index in [1.165, 1.54) is 0 Å². The minimum Gasteiger partial charge on any atom is -0.490 e. The highest BCUT2D eigenvalue weighted by molar-refractivity contribution is 6.00. The number of pyridine rings is 1. The minimum atomic E-state index is 0.0756. The molecule has 2 aromatic heterocycles. The summed E-state index contributed by atoms with van der Waals surface area (Å²) in [4.78, 5) is 21.9. The van der Waals surface area contributed by atoms with Gasteiger partial charge < -0.3 is 19.1 Å². The molecule has 1 atom stereocenters. The monoisotopic (exact) mass is 432 g/mol. The highest BCUT2D eigenvalue weighted by Crippen LogP contribution is 2.33. The second-order valence-corrected chi connectivity index (χ2v) is 9.46. The van der Waals surface area contributed by atoms with Gasteiger partial charge in [-0.3, -0.25) is 9.78 Å². The Bertz CT molecular complexity index is 1100. The quantitative estimate of drug-likeness (QED) is 0.595. The molecule has 0 spiro atoms. The number of rotatable bonds is 5. The van der Waals surface area contributed by atoms with Gasteiger partial charge in [0.05, 0.1) is 0 Å². The number of likely N-dealkylation sites (tertiary alicyclic amines) is 1. The van der Waals surface area contributed by atoms with Crippen molar-refractivity contribution < 1.29 is 9.53 Å². The summed E-state index contributed by atoms with van der Waals surface area (Å²) >= 11 is 0. The van der Waals surface area contributed by atoms with Crippen molar-refractivity contribution >= 4 is 16.8 Å². The molecule has 2 aliphatic rings. The van der Waals surface area contributed by atoms with Crippen LogP contribution in [-0.2, 0) is 6.54 Å². The number of hydrogen-bond donors (Lipinski definition) is 0. The average molecular weight is 433 g/mol. The lowest BCUT2D eigenvalue weighted by atomic mass is 10.1. The fourth-order valence-electron chi connectivity index (χ4n) is 5.12. The van der Waals surface area contributed by atoms with Crippen molar-refractivity contribution in [3.63, 3.8) is 0 Å². The van der Waals surface area contributed by atoms with E-state index < -0.39 is 0 Å². The van der Waals surface area contributed by atoms with Gasteiger partial charge in [0.2, 0.25) is 0 Å². The van der Waals surface area contributed by atoms with Gasteiger partial charge in [0.15, 0.2) is 0 Å². The third-order valence-corrected chi connectivity index (χ3v) is 6.85. The summed E-state index contributed by atoms with van der Waals surface area (Å²) in [5.41, 5.74) is 2.91. The van der Waals surface area contributed by atoms with Crippen LogP contribution in [-0.4, -0.2) is 57.0 Å². The predicted octanol–water partition coefficient (Wildman–Crippen LogP) is 4.50. The van der Waals surface area contributed by atoms with Crippen molar-refractivity contribution in [3.05, 3.63) is 60.0 Å². The number of fused-ring (bicyclic) bond motifs is 3. The zero-order valence-electron chi connectivity index (χ0n) is 19.2. The molecule has 0 bridgehead atoms. The predicted molar refractivity (Wildman–Crippen MR) is 126 cm³/mol. The van der Waals surface area contributed by atoms with Crippen LogP contribution < -0.4 is 4.74 Å². The maximum Gasteiger partial charge on any atom is 0.270 e. The third kappa shape index (κ3) is 3.99. The zero-order valence-corrected chi connectivity index (χ0v) is 19.2. The van der Waals surface area contributed by atoms with Gasteiger partial charge >= 0.3 is 0 Å². The number of hydrogen-bond acceptors (Lipinski definition) is 4. The van der Waals surface area contributed by atoms with Gasteiger partial charge in [-0.15, -0.1) is 0 Å². The highest BCUT2D eigenvalue weighted by Gasteiger charge is 2.31. The lowest BCUT2D eigenvalue weighted by Crippen LogP contribution is -2.41. The van der Waals surface area contributed by atoms with E-state index in [1.807, 2.05) is 29.3 Å². The maximum absolute atomic E-state index is 13.3. The topological polar surface area (TPSA) is 50.6 Å². The summed E-state index contributed by atoms with van der Waals surface area (Å²) < 4.78 is 8.52. The van der Waals surface area contributed by atoms with Crippen LogP contribution in [0.15, 0.2) is 48.8 Å². The molecule has 6 nitrogen and oxygen atoms in total. The molecule has 2 aliphatic heterocycles. The number of piperidine rings is 1. The molecule has 0 aliphatic carbocycles. The first-order valence-corrected chi connectivity index (χ1v) is 11.7. The molecule has 0 N–H and O–H groups in total. The van der Waals surface area contributed by atoms with E-state index >= 15 is 0 Å². The molecule has 3 aromatic rings. The molecule has 168 valence electrons. The number of aromatic nitrogens is 2. The smallest absolute Gasteiger partial charge is 0.270 e. The number of ether oxygens (including phenoxy) is 1. The number of nitrogens with zero attached hydrogens (tertiary/aromatic N) is 4. The van der Waals surface area contributed by atoms with Gasteiger partial charge in [0.1, 0.15) is 17.5 Å². The summed E-state index contributed by atoms with van der Waals surface area (Å²) in [5.74, 6) is 0.974. The molecule has 1 fully saturated rings. The lowest BCUT2D eigenvalue weighted by molar-refractivity contribution is 0.0664. The molecule has 1 amide bonds.